The molecule has 6 heteroatoms. The number of amides is 1. The van der Waals surface area contributed by atoms with Crippen LogP contribution in [0.2, 0.25) is 0 Å². The van der Waals surface area contributed by atoms with Crippen LogP contribution in [0.1, 0.15) is 6.42 Å². The van der Waals surface area contributed by atoms with Crippen LogP contribution in [0.15, 0.2) is 24.3 Å². The normalized spacial score (nSPS) is 18.7. The monoisotopic (exact) mass is 269 g/mol. The van der Waals surface area contributed by atoms with Crippen LogP contribution < -0.4 is 10.1 Å². The molecular formula is C12H12FNO3S. The molecule has 1 amide bonds. The Morgan fingerprint density at radius 3 is 2.78 bits per heavy atom. The Balaban J connectivity index is 1.78. The minimum atomic E-state index is -0.403. The minimum absolute atomic E-state index is 0.00914. The van der Waals surface area contributed by atoms with Gasteiger partial charge in [0.2, 0.25) is 5.12 Å². The van der Waals surface area contributed by atoms with Gasteiger partial charge in [0.05, 0.1) is 6.04 Å². The Labute approximate surface area is 108 Å². The number of hydrogen-bond acceptors (Lipinski definition) is 4. The van der Waals surface area contributed by atoms with E-state index in [1.807, 2.05) is 0 Å². The second-order valence-electron chi connectivity index (χ2n) is 3.82. The average Bonchev–Trinajstić information content (AvgIpc) is 2.74. The molecule has 0 aromatic heterocycles. The van der Waals surface area contributed by atoms with Crippen molar-refractivity contribution in [3.63, 3.8) is 0 Å². The third kappa shape index (κ3) is 3.46. The van der Waals surface area contributed by atoms with Crippen LogP contribution >= 0.6 is 11.8 Å². The van der Waals surface area contributed by atoms with Crippen LogP contribution in [0.25, 0.3) is 0 Å². The summed E-state index contributed by atoms with van der Waals surface area (Å²) in [5, 5.41) is 2.59. The molecule has 1 aliphatic heterocycles. The van der Waals surface area contributed by atoms with E-state index in [0.29, 0.717) is 12.2 Å². The lowest BCUT2D eigenvalue weighted by atomic mass is 10.2. The predicted molar refractivity (Wildman–Crippen MR) is 65.9 cm³/mol. The molecule has 96 valence electrons. The molecule has 4 nitrogen and oxygen atoms in total. The second kappa shape index (κ2) is 5.86. The highest BCUT2D eigenvalue weighted by Crippen LogP contribution is 2.19. The van der Waals surface area contributed by atoms with Gasteiger partial charge < -0.3 is 10.1 Å². The van der Waals surface area contributed by atoms with E-state index in [-0.39, 0.29) is 23.4 Å². The first-order chi connectivity index (χ1) is 8.65. The first-order valence-electron chi connectivity index (χ1n) is 5.49. The highest BCUT2D eigenvalue weighted by atomic mass is 32.2. The number of ether oxygens (including phenoxy) is 1. The Bertz CT molecular complexity index is 449. The lowest BCUT2D eigenvalue weighted by Gasteiger charge is -2.10. The minimum Gasteiger partial charge on any atom is -0.484 e. The van der Waals surface area contributed by atoms with Crippen molar-refractivity contribution >= 4 is 22.8 Å². The quantitative estimate of drug-likeness (QED) is 0.896. The standard InChI is InChI=1S/C12H12FNO3S/c13-8-1-3-9(4-2-8)17-7-11(15)14-10-5-6-18-12(10)16/h1-4,10H,5-7H2,(H,14,15). The van der Waals surface area contributed by atoms with Crippen LogP contribution in [-0.4, -0.2) is 29.4 Å². The first kappa shape index (κ1) is 12.9. The van der Waals surface area contributed by atoms with Gasteiger partial charge in [-0.05, 0) is 30.7 Å². The van der Waals surface area contributed by atoms with Crippen molar-refractivity contribution in [2.75, 3.05) is 12.4 Å². The molecule has 1 aromatic rings. The van der Waals surface area contributed by atoms with E-state index in [9.17, 15) is 14.0 Å². The highest BCUT2D eigenvalue weighted by Gasteiger charge is 2.26. The van der Waals surface area contributed by atoms with Crippen molar-refractivity contribution in [1.82, 2.24) is 5.32 Å². The average molecular weight is 269 g/mol. The molecule has 18 heavy (non-hydrogen) atoms. The highest BCUT2D eigenvalue weighted by molar-refractivity contribution is 8.14. The number of halogens is 1. The lowest BCUT2D eigenvalue weighted by molar-refractivity contribution is -0.126. The lowest BCUT2D eigenvalue weighted by Crippen LogP contribution is -2.39. The first-order valence-corrected chi connectivity index (χ1v) is 6.48. The van der Waals surface area contributed by atoms with Gasteiger partial charge in [-0.15, -0.1) is 0 Å². The fraction of sp³-hybridized carbons (Fsp3) is 0.333. The van der Waals surface area contributed by atoms with Crippen molar-refractivity contribution in [2.45, 2.75) is 12.5 Å². The molecule has 0 aliphatic carbocycles. The number of carbonyl (C=O) groups is 2. The summed E-state index contributed by atoms with van der Waals surface area (Å²) in [6.45, 7) is -0.180. The maximum Gasteiger partial charge on any atom is 0.258 e. The molecular weight excluding hydrogens is 257 g/mol. The summed E-state index contributed by atoms with van der Waals surface area (Å²) in [6, 6.07) is 4.99. The van der Waals surface area contributed by atoms with E-state index in [1.54, 1.807) is 0 Å². The number of benzene rings is 1. The van der Waals surface area contributed by atoms with Gasteiger partial charge in [0.15, 0.2) is 6.61 Å². The van der Waals surface area contributed by atoms with Gasteiger partial charge in [0.1, 0.15) is 11.6 Å². The van der Waals surface area contributed by atoms with Gasteiger partial charge in [-0.3, -0.25) is 9.59 Å². The van der Waals surface area contributed by atoms with E-state index < -0.39 is 6.04 Å². The van der Waals surface area contributed by atoms with Crippen molar-refractivity contribution < 1.29 is 18.7 Å². The number of rotatable bonds is 4. The summed E-state index contributed by atoms with van der Waals surface area (Å²) in [7, 11) is 0. The molecule has 1 saturated heterocycles. The fourth-order valence-electron chi connectivity index (χ4n) is 1.54. The molecule has 0 saturated carbocycles. The molecule has 1 atom stereocenters. The Morgan fingerprint density at radius 1 is 1.44 bits per heavy atom. The summed E-state index contributed by atoms with van der Waals surface area (Å²) < 4.78 is 17.8. The molecule has 0 radical (unpaired) electrons. The molecule has 1 heterocycles. The third-order valence-corrected chi connectivity index (χ3v) is 3.46. The number of hydrogen-bond donors (Lipinski definition) is 1. The SMILES string of the molecule is O=C(COc1ccc(F)cc1)NC1CCSC1=O. The largest absolute Gasteiger partial charge is 0.484 e. The summed E-state index contributed by atoms with van der Waals surface area (Å²) >= 11 is 1.23. The maximum atomic E-state index is 12.6. The fourth-order valence-corrected chi connectivity index (χ4v) is 2.48. The van der Waals surface area contributed by atoms with Gasteiger partial charge in [0.25, 0.3) is 5.91 Å². The van der Waals surface area contributed by atoms with Gasteiger partial charge in [0, 0.05) is 5.75 Å². The number of thioether (sulfide) groups is 1. The Kier molecular flexibility index (Phi) is 4.19. The van der Waals surface area contributed by atoms with Gasteiger partial charge in [-0.1, -0.05) is 11.8 Å². The zero-order valence-electron chi connectivity index (χ0n) is 9.52. The molecule has 0 spiro atoms. The van der Waals surface area contributed by atoms with Crippen molar-refractivity contribution in [1.29, 1.82) is 0 Å². The molecule has 1 unspecified atom stereocenters. The Hall–Kier alpha value is -1.56. The van der Waals surface area contributed by atoms with E-state index in [4.69, 9.17) is 4.74 Å². The molecule has 1 aromatic carbocycles. The second-order valence-corrected chi connectivity index (χ2v) is 4.92. The Morgan fingerprint density at radius 2 is 2.17 bits per heavy atom. The van der Waals surface area contributed by atoms with Crippen molar-refractivity contribution in [3.05, 3.63) is 30.1 Å². The van der Waals surface area contributed by atoms with Crippen LogP contribution in [0.3, 0.4) is 0 Å². The molecule has 1 fully saturated rings. The smallest absolute Gasteiger partial charge is 0.258 e. The summed E-state index contributed by atoms with van der Waals surface area (Å²) in [6.07, 6.45) is 0.659. The zero-order chi connectivity index (χ0) is 13.0. The van der Waals surface area contributed by atoms with E-state index in [2.05, 4.69) is 5.32 Å². The molecule has 0 bridgehead atoms. The topological polar surface area (TPSA) is 55.4 Å². The van der Waals surface area contributed by atoms with Crippen LogP contribution in [0, 0.1) is 5.82 Å². The van der Waals surface area contributed by atoms with Crippen molar-refractivity contribution in [3.8, 4) is 5.75 Å². The maximum absolute atomic E-state index is 12.6. The van der Waals surface area contributed by atoms with E-state index in [0.717, 1.165) is 5.75 Å². The van der Waals surface area contributed by atoms with Crippen LogP contribution in [0.5, 0.6) is 5.75 Å². The molecule has 2 rings (SSSR count). The zero-order valence-corrected chi connectivity index (χ0v) is 10.3. The molecule has 1 aliphatic rings. The van der Waals surface area contributed by atoms with E-state index >= 15 is 0 Å². The summed E-state index contributed by atoms with van der Waals surface area (Å²) in [4.78, 5) is 22.8. The predicted octanol–water partition coefficient (Wildman–Crippen LogP) is 1.35. The van der Waals surface area contributed by atoms with Gasteiger partial charge >= 0.3 is 0 Å². The van der Waals surface area contributed by atoms with Gasteiger partial charge in [-0.2, -0.15) is 0 Å². The van der Waals surface area contributed by atoms with E-state index in [1.165, 1.54) is 36.0 Å². The third-order valence-electron chi connectivity index (χ3n) is 2.45. The number of carbonyl (C=O) groups excluding carboxylic acids is 2. The van der Waals surface area contributed by atoms with Gasteiger partial charge in [-0.25, -0.2) is 4.39 Å². The summed E-state index contributed by atoms with van der Waals surface area (Å²) in [5.41, 5.74) is 0. The molecule has 1 N–H and O–H groups in total. The number of nitrogens with one attached hydrogen (secondary N) is 1. The van der Waals surface area contributed by atoms with Crippen LogP contribution in [-0.2, 0) is 9.59 Å². The van der Waals surface area contributed by atoms with Crippen LogP contribution in [0.4, 0.5) is 4.39 Å². The van der Waals surface area contributed by atoms with Crippen molar-refractivity contribution in [2.24, 2.45) is 0 Å². The summed E-state index contributed by atoms with van der Waals surface area (Å²) in [5.74, 6) is 0.446.